The fourth-order valence-electron chi connectivity index (χ4n) is 2.27. The van der Waals surface area contributed by atoms with Gasteiger partial charge in [0.25, 0.3) is 5.91 Å². The Morgan fingerprint density at radius 1 is 1.32 bits per heavy atom. The van der Waals surface area contributed by atoms with Gasteiger partial charge in [-0.3, -0.25) is 4.79 Å². The summed E-state index contributed by atoms with van der Waals surface area (Å²) in [4.78, 5) is 12.0. The molecule has 1 aromatic rings. The molecule has 0 aliphatic carbocycles. The summed E-state index contributed by atoms with van der Waals surface area (Å²) in [6.07, 6.45) is 5.71. The van der Waals surface area contributed by atoms with Crippen molar-refractivity contribution in [2.45, 2.75) is 38.8 Å². The van der Waals surface area contributed by atoms with Crippen molar-refractivity contribution in [3.63, 3.8) is 0 Å². The van der Waals surface area contributed by atoms with Gasteiger partial charge in [0.2, 0.25) is 0 Å². The Balaban J connectivity index is 2.11. The lowest BCUT2D eigenvalue weighted by Gasteiger charge is -2.09. The Kier molecular flexibility index (Phi) is 6.32. The topological polar surface area (TPSA) is 47.6 Å². The molecule has 1 aliphatic rings. The first-order valence-electron chi connectivity index (χ1n) is 7.27. The van der Waals surface area contributed by atoms with E-state index in [9.17, 15) is 4.79 Å². The summed E-state index contributed by atoms with van der Waals surface area (Å²) in [5, 5.41) is 2.86. The fraction of sp³-hybridized carbons (Fsp3) is 0.438. The van der Waals surface area contributed by atoms with E-state index < -0.39 is 0 Å². The Morgan fingerprint density at radius 3 is 2.59 bits per heavy atom. The monoisotopic (exact) mass is 431 g/mol. The summed E-state index contributed by atoms with van der Waals surface area (Å²) in [5.74, 6) is 0.909. The third-order valence-corrected chi connectivity index (χ3v) is 4.56. The van der Waals surface area contributed by atoms with E-state index >= 15 is 0 Å². The smallest absolute Gasteiger partial charge is 0.289 e. The number of ether oxygens (including phenoxy) is 2. The van der Waals surface area contributed by atoms with Gasteiger partial charge in [0.15, 0.2) is 12.0 Å². The van der Waals surface area contributed by atoms with Gasteiger partial charge in [-0.1, -0.05) is 19.8 Å². The summed E-state index contributed by atoms with van der Waals surface area (Å²) < 4.78 is 12.6. The second-order valence-corrected chi connectivity index (χ2v) is 6.81. The number of hydrogen-bond donors (Lipinski definition) is 1. The number of carbonyl (C=O) groups excluding carboxylic acids is 1. The zero-order valence-electron chi connectivity index (χ0n) is 12.6. The molecule has 1 saturated heterocycles. The molecular formula is C16H19Br2NO3. The number of nitrogens with one attached hydrogen (secondary N) is 1. The largest absolute Gasteiger partial charge is 0.494 e. The molecule has 1 aliphatic heterocycles. The van der Waals surface area contributed by atoms with Crippen molar-refractivity contribution in [2.75, 3.05) is 7.11 Å². The van der Waals surface area contributed by atoms with Crippen molar-refractivity contribution in [3.05, 3.63) is 32.4 Å². The van der Waals surface area contributed by atoms with Crippen LogP contribution in [0.15, 0.2) is 26.8 Å². The standard InChI is InChI=1S/C16H19Br2NO3/c1-3-4-5-6-14-19-16(20)13(22-14)9-10-7-11(17)15(21-2)12(18)8-10/h7-9,14H,3-6H2,1-2H3,(H,19,20)/b13-9-. The van der Waals surface area contributed by atoms with Gasteiger partial charge >= 0.3 is 0 Å². The average molecular weight is 433 g/mol. The summed E-state index contributed by atoms with van der Waals surface area (Å²) in [5.41, 5.74) is 0.860. The maximum Gasteiger partial charge on any atom is 0.289 e. The SMILES string of the molecule is CCCCCC1NC(=O)/C(=C/c2cc(Br)c(OC)c(Br)c2)O1. The molecule has 1 atom stereocenters. The van der Waals surface area contributed by atoms with E-state index in [4.69, 9.17) is 9.47 Å². The fourth-order valence-corrected chi connectivity index (χ4v) is 3.82. The second kappa shape index (κ2) is 8.02. The van der Waals surface area contributed by atoms with Crippen LogP contribution in [-0.2, 0) is 9.53 Å². The predicted molar refractivity (Wildman–Crippen MR) is 93.5 cm³/mol. The van der Waals surface area contributed by atoms with Crippen molar-refractivity contribution in [2.24, 2.45) is 0 Å². The minimum Gasteiger partial charge on any atom is -0.494 e. The van der Waals surface area contributed by atoms with Crippen LogP contribution in [-0.4, -0.2) is 19.2 Å². The maximum absolute atomic E-state index is 12.0. The number of amides is 1. The molecule has 2 rings (SSSR count). The molecule has 0 bridgehead atoms. The molecule has 1 N–H and O–H groups in total. The highest BCUT2D eigenvalue weighted by atomic mass is 79.9. The van der Waals surface area contributed by atoms with Crippen LogP contribution in [0.1, 0.15) is 38.2 Å². The lowest BCUT2D eigenvalue weighted by atomic mass is 10.2. The van der Waals surface area contributed by atoms with Crippen molar-refractivity contribution >= 4 is 43.8 Å². The van der Waals surface area contributed by atoms with Crippen molar-refractivity contribution in [3.8, 4) is 5.75 Å². The first kappa shape index (κ1) is 17.3. The van der Waals surface area contributed by atoms with Gasteiger partial charge in [-0.15, -0.1) is 0 Å². The molecule has 1 unspecified atom stereocenters. The number of unbranched alkanes of at least 4 members (excludes halogenated alkanes) is 2. The Hall–Kier alpha value is -1.01. The molecule has 0 radical (unpaired) electrons. The van der Waals surface area contributed by atoms with E-state index in [1.165, 1.54) is 0 Å². The first-order valence-corrected chi connectivity index (χ1v) is 8.86. The van der Waals surface area contributed by atoms with Crippen molar-refractivity contribution < 1.29 is 14.3 Å². The van der Waals surface area contributed by atoms with Crippen LogP contribution in [0.2, 0.25) is 0 Å². The lowest BCUT2D eigenvalue weighted by molar-refractivity contribution is -0.116. The molecule has 0 aromatic heterocycles. The molecule has 1 fully saturated rings. The lowest BCUT2D eigenvalue weighted by Crippen LogP contribution is -2.25. The quantitative estimate of drug-likeness (QED) is 0.527. The van der Waals surface area contributed by atoms with Crippen molar-refractivity contribution in [1.29, 1.82) is 0 Å². The van der Waals surface area contributed by atoms with Gasteiger partial charge in [0.05, 0.1) is 16.1 Å². The molecule has 6 heteroatoms. The number of hydrogen-bond acceptors (Lipinski definition) is 3. The molecule has 1 amide bonds. The van der Waals surface area contributed by atoms with E-state index in [0.29, 0.717) is 5.76 Å². The van der Waals surface area contributed by atoms with Gasteiger partial charge in [-0.25, -0.2) is 0 Å². The van der Waals surface area contributed by atoms with Gasteiger partial charge in [0.1, 0.15) is 5.75 Å². The average Bonchev–Trinajstić information content (AvgIpc) is 2.79. The number of halogens is 2. The minimum absolute atomic E-state index is 0.162. The molecule has 1 heterocycles. The van der Waals surface area contributed by atoms with Crippen LogP contribution in [0.25, 0.3) is 6.08 Å². The number of benzene rings is 1. The van der Waals surface area contributed by atoms with Crippen LogP contribution in [0, 0.1) is 0 Å². The van der Waals surface area contributed by atoms with E-state index in [1.54, 1.807) is 13.2 Å². The third kappa shape index (κ3) is 4.26. The van der Waals surface area contributed by atoms with Crippen LogP contribution in [0.5, 0.6) is 5.75 Å². The molecule has 4 nitrogen and oxygen atoms in total. The van der Waals surface area contributed by atoms with Crippen LogP contribution < -0.4 is 10.1 Å². The predicted octanol–water partition coefficient (Wildman–Crippen LogP) is 4.61. The van der Waals surface area contributed by atoms with Crippen LogP contribution in [0.3, 0.4) is 0 Å². The van der Waals surface area contributed by atoms with Gasteiger partial charge in [-0.2, -0.15) is 0 Å². The molecule has 0 spiro atoms. The molecule has 1 aromatic carbocycles. The number of carbonyl (C=O) groups is 1. The summed E-state index contributed by atoms with van der Waals surface area (Å²) in [6.45, 7) is 2.15. The Morgan fingerprint density at radius 2 is 2.00 bits per heavy atom. The third-order valence-electron chi connectivity index (χ3n) is 3.38. The highest BCUT2D eigenvalue weighted by molar-refractivity contribution is 9.11. The Labute approximate surface area is 147 Å². The van der Waals surface area contributed by atoms with Gasteiger partial charge in [0, 0.05) is 6.42 Å². The minimum atomic E-state index is -0.213. The zero-order chi connectivity index (χ0) is 16.1. The van der Waals surface area contributed by atoms with E-state index in [1.807, 2.05) is 12.1 Å². The molecule has 0 saturated carbocycles. The first-order chi connectivity index (χ1) is 10.5. The van der Waals surface area contributed by atoms with E-state index in [2.05, 4.69) is 44.1 Å². The highest BCUT2D eigenvalue weighted by Gasteiger charge is 2.27. The summed E-state index contributed by atoms with van der Waals surface area (Å²) in [6, 6.07) is 3.77. The second-order valence-electron chi connectivity index (χ2n) is 5.10. The van der Waals surface area contributed by atoms with Crippen LogP contribution in [0.4, 0.5) is 0 Å². The maximum atomic E-state index is 12.0. The summed E-state index contributed by atoms with van der Waals surface area (Å²) >= 11 is 6.90. The highest BCUT2D eigenvalue weighted by Crippen LogP contribution is 2.35. The van der Waals surface area contributed by atoms with Gasteiger partial charge in [-0.05, 0) is 62.1 Å². The normalized spacial score (nSPS) is 19.2. The number of methoxy groups -OCH3 is 1. The molecular weight excluding hydrogens is 414 g/mol. The Bertz CT molecular complexity index is 564. The molecule has 120 valence electrons. The van der Waals surface area contributed by atoms with Gasteiger partial charge < -0.3 is 14.8 Å². The van der Waals surface area contributed by atoms with Crippen LogP contribution >= 0.6 is 31.9 Å². The zero-order valence-corrected chi connectivity index (χ0v) is 15.8. The number of rotatable bonds is 6. The van der Waals surface area contributed by atoms with E-state index in [-0.39, 0.29) is 12.1 Å². The van der Waals surface area contributed by atoms with E-state index in [0.717, 1.165) is 45.9 Å². The molecule has 22 heavy (non-hydrogen) atoms. The van der Waals surface area contributed by atoms with Crippen molar-refractivity contribution in [1.82, 2.24) is 5.32 Å². The summed E-state index contributed by atoms with van der Waals surface area (Å²) in [7, 11) is 1.61.